The molecule has 8 heteroatoms. The molecule has 126 valence electrons. The lowest BCUT2D eigenvalue weighted by atomic mass is 10.0. The predicted octanol–water partition coefficient (Wildman–Crippen LogP) is -1.65. The predicted molar refractivity (Wildman–Crippen MR) is 75.4 cm³/mol. The normalized spacial score (nSPS) is 16.8. The van der Waals surface area contributed by atoms with Crippen molar-refractivity contribution in [1.29, 1.82) is 0 Å². The summed E-state index contributed by atoms with van der Waals surface area (Å²) in [6.07, 6.45) is -6.32. The van der Waals surface area contributed by atoms with E-state index in [2.05, 4.69) is 0 Å². The van der Waals surface area contributed by atoms with Crippen LogP contribution in [0.25, 0.3) is 0 Å². The van der Waals surface area contributed by atoms with Crippen LogP contribution < -0.4 is 4.74 Å². The van der Waals surface area contributed by atoms with E-state index in [-0.39, 0.29) is 24.7 Å². The van der Waals surface area contributed by atoms with Crippen LogP contribution in [0.4, 0.5) is 0 Å². The molecule has 0 aliphatic heterocycles. The smallest absolute Gasteiger partial charge is 0.160 e. The number of benzene rings is 1. The van der Waals surface area contributed by atoms with Crippen LogP contribution in [0.1, 0.15) is 5.56 Å². The van der Waals surface area contributed by atoms with E-state index in [0.717, 1.165) is 0 Å². The molecule has 1 rings (SSSR count). The van der Waals surface area contributed by atoms with Gasteiger partial charge in [-0.1, -0.05) is 6.07 Å². The van der Waals surface area contributed by atoms with Gasteiger partial charge in [0.2, 0.25) is 0 Å². The molecule has 4 atom stereocenters. The number of hydrogen-bond donors (Lipinski definition) is 6. The van der Waals surface area contributed by atoms with Crippen molar-refractivity contribution in [2.24, 2.45) is 0 Å². The van der Waals surface area contributed by atoms with Crippen LogP contribution in [-0.2, 0) is 11.3 Å². The zero-order chi connectivity index (χ0) is 16.7. The van der Waals surface area contributed by atoms with Crippen LogP contribution in [0, 0.1) is 0 Å². The van der Waals surface area contributed by atoms with Gasteiger partial charge in [-0.3, -0.25) is 0 Å². The minimum Gasteiger partial charge on any atom is -0.504 e. The van der Waals surface area contributed by atoms with Gasteiger partial charge in [0.05, 0.1) is 26.9 Å². The summed E-state index contributed by atoms with van der Waals surface area (Å²) in [5.74, 6) is 0.269. The van der Waals surface area contributed by atoms with Gasteiger partial charge >= 0.3 is 0 Å². The number of aliphatic hydroxyl groups excluding tert-OH is 5. The first-order chi connectivity index (χ1) is 10.4. The van der Waals surface area contributed by atoms with E-state index in [1.54, 1.807) is 12.1 Å². The van der Waals surface area contributed by atoms with Crippen molar-refractivity contribution in [1.82, 2.24) is 0 Å². The molecule has 0 aliphatic rings. The first kappa shape index (κ1) is 18.6. The Labute approximate surface area is 127 Å². The molecular weight excluding hydrogens is 296 g/mol. The summed E-state index contributed by atoms with van der Waals surface area (Å²) in [5.41, 5.74) is 0.673. The molecule has 0 spiro atoms. The van der Waals surface area contributed by atoms with Gasteiger partial charge in [-0.05, 0) is 17.7 Å². The zero-order valence-electron chi connectivity index (χ0n) is 12.2. The summed E-state index contributed by atoms with van der Waals surface area (Å²) < 4.78 is 10.1. The summed E-state index contributed by atoms with van der Waals surface area (Å²) in [7, 11) is 1.41. The van der Waals surface area contributed by atoms with Crippen molar-refractivity contribution in [2.45, 2.75) is 31.0 Å². The Morgan fingerprint density at radius 1 is 1.05 bits per heavy atom. The standard InChI is InChI=1S/C14H22O8/c1-21-12-4-8(2-3-9(12)16)6-22-7-11(18)14(20)13(19)10(17)5-15/h2-4,10-11,13-20H,5-7H2,1H3/t10-,11+,13-,14-/m1/s1. The maximum Gasteiger partial charge on any atom is 0.160 e. The summed E-state index contributed by atoms with van der Waals surface area (Å²) >= 11 is 0. The molecule has 0 aliphatic carbocycles. The summed E-state index contributed by atoms with van der Waals surface area (Å²) in [4.78, 5) is 0. The van der Waals surface area contributed by atoms with Gasteiger partial charge in [0.15, 0.2) is 11.5 Å². The third kappa shape index (κ3) is 5.09. The molecule has 6 N–H and O–H groups in total. The first-order valence-electron chi connectivity index (χ1n) is 6.67. The maximum absolute atomic E-state index is 9.66. The zero-order valence-corrected chi connectivity index (χ0v) is 12.2. The fraction of sp³-hybridized carbons (Fsp3) is 0.571. The highest BCUT2D eigenvalue weighted by molar-refractivity contribution is 5.41. The van der Waals surface area contributed by atoms with Gasteiger partial charge in [-0.2, -0.15) is 0 Å². The molecule has 22 heavy (non-hydrogen) atoms. The third-order valence-electron chi connectivity index (χ3n) is 3.13. The van der Waals surface area contributed by atoms with Gasteiger partial charge in [-0.25, -0.2) is 0 Å². The van der Waals surface area contributed by atoms with Crippen molar-refractivity contribution in [3.63, 3.8) is 0 Å². The van der Waals surface area contributed by atoms with E-state index in [1.165, 1.54) is 13.2 Å². The van der Waals surface area contributed by atoms with Crippen LogP contribution in [0.3, 0.4) is 0 Å². The molecule has 0 fully saturated rings. The van der Waals surface area contributed by atoms with E-state index < -0.39 is 31.0 Å². The van der Waals surface area contributed by atoms with Gasteiger partial charge in [-0.15, -0.1) is 0 Å². The van der Waals surface area contributed by atoms with Gasteiger partial charge in [0.25, 0.3) is 0 Å². The van der Waals surface area contributed by atoms with E-state index in [1.807, 2.05) is 0 Å². The maximum atomic E-state index is 9.66. The average Bonchev–Trinajstić information content (AvgIpc) is 2.53. The van der Waals surface area contributed by atoms with E-state index in [9.17, 15) is 25.5 Å². The molecule has 1 aromatic carbocycles. The van der Waals surface area contributed by atoms with Gasteiger partial charge in [0, 0.05) is 0 Å². The van der Waals surface area contributed by atoms with E-state index >= 15 is 0 Å². The van der Waals surface area contributed by atoms with Crippen LogP contribution in [0.15, 0.2) is 18.2 Å². The number of phenolic OH excluding ortho intramolecular Hbond substituents is 1. The van der Waals surface area contributed by atoms with E-state index in [4.69, 9.17) is 14.6 Å². The van der Waals surface area contributed by atoms with E-state index in [0.29, 0.717) is 5.56 Å². The Morgan fingerprint density at radius 3 is 2.27 bits per heavy atom. The molecular formula is C14H22O8. The quantitative estimate of drug-likeness (QED) is 0.318. The van der Waals surface area contributed by atoms with Crippen LogP contribution in [0.2, 0.25) is 0 Å². The number of hydrogen-bond acceptors (Lipinski definition) is 8. The largest absolute Gasteiger partial charge is 0.504 e. The van der Waals surface area contributed by atoms with Crippen molar-refractivity contribution < 1.29 is 40.1 Å². The van der Waals surface area contributed by atoms with Gasteiger partial charge < -0.3 is 40.1 Å². The van der Waals surface area contributed by atoms with Gasteiger partial charge in [0.1, 0.15) is 24.4 Å². The minimum absolute atomic E-state index is 0.0113. The fourth-order valence-electron chi connectivity index (χ4n) is 1.77. The monoisotopic (exact) mass is 318 g/mol. The first-order valence-corrected chi connectivity index (χ1v) is 6.67. The van der Waals surface area contributed by atoms with Crippen LogP contribution >= 0.6 is 0 Å². The second-order valence-electron chi connectivity index (χ2n) is 4.82. The Kier molecular flexibility index (Phi) is 7.52. The average molecular weight is 318 g/mol. The van der Waals surface area contributed by atoms with Crippen molar-refractivity contribution in [3.8, 4) is 11.5 Å². The fourth-order valence-corrected chi connectivity index (χ4v) is 1.77. The molecule has 0 bridgehead atoms. The summed E-state index contributed by atoms with van der Waals surface area (Å²) in [6.45, 7) is -0.947. The number of aromatic hydroxyl groups is 1. The molecule has 0 amide bonds. The molecule has 0 saturated heterocycles. The Hall–Kier alpha value is -1.42. The highest BCUT2D eigenvalue weighted by atomic mass is 16.5. The second kappa shape index (κ2) is 8.89. The number of methoxy groups -OCH3 is 1. The highest BCUT2D eigenvalue weighted by Gasteiger charge is 2.30. The molecule has 0 radical (unpaired) electrons. The molecule has 0 heterocycles. The number of phenols is 1. The second-order valence-corrected chi connectivity index (χ2v) is 4.82. The molecule has 8 nitrogen and oxygen atoms in total. The lowest BCUT2D eigenvalue weighted by Crippen LogP contribution is -2.47. The Bertz CT molecular complexity index is 452. The van der Waals surface area contributed by atoms with Crippen molar-refractivity contribution in [3.05, 3.63) is 23.8 Å². The molecule has 1 aromatic rings. The third-order valence-corrected chi connectivity index (χ3v) is 3.13. The summed E-state index contributed by atoms with van der Waals surface area (Å²) in [5, 5.41) is 56.0. The summed E-state index contributed by atoms with van der Waals surface area (Å²) in [6, 6.07) is 4.59. The van der Waals surface area contributed by atoms with Crippen molar-refractivity contribution >= 4 is 0 Å². The Morgan fingerprint density at radius 2 is 1.68 bits per heavy atom. The molecule has 0 unspecified atom stereocenters. The number of aliphatic hydroxyl groups is 5. The molecule has 0 saturated carbocycles. The molecule has 0 aromatic heterocycles. The topological polar surface area (TPSA) is 140 Å². The minimum atomic E-state index is -1.68. The lowest BCUT2D eigenvalue weighted by Gasteiger charge is -2.25. The van der Waals surface area contributed by atoms with Crippen LogP contribution in [0.5, 0.6) is 11.5 Å². The lowest BCUT2D eigenvalue weighted by molar-refractivity contribution is -0.130. The van der Waals surface area contributed by atoms with Crippen molar-refractivity contribution in [2.75, 3.05) is 20.3 Å². The number of rotatable bonds is 9. The van der Waals surface area contributed by atoms with Crippen LogP contribution in [-0.4, -0.2) is 75.4 Å². The highest BCUT2D eigenvalue weighted by Crippen LogP contribution is 2.26. The Balaban J connectivity index is 2.46. The SMILES string of the molecule is COc1cc(COC[C@H](O)[C@@H](O)[C@H](O)[C@H](O)CO)ccc1O. The number of ether oxygens (including phenoxy) is 2.